The number of halogens is 1. The molecule has 0 aliphatic heterocycles. The third-order valence-electron chi connectivity index (χ3n) is 3.16. The van der Waals surface area contributed by atoms with Crippen LogP contribution in [0, 0.1) is 17.2 Å². The van der Waals surface area contributed by atoms with Gasteiger partial charge in [-0.15, -0.1) is 0 Å². The highest BCUT2D eigenvalue weighted by Gasteiger charge is 2.14. The van der Waals surface area contributed by atoms with Gasteiger partial charge in [-0.25, -0.2) is 0 Å². The first-order valence-corrected chi connectivity index (χ1v) is 6.52. The summed E-state index contributed by atoms with van der Waals surface area (Å²) in [7, 11) is 0. The van der Waals surface area contributed by atoms with Crippen LogP contribution in [0.1, 0.15) is 31.2 Å². The Morgan fingerprint density at radius 3 is 2.75 bits per heavy atom. The third-order valence-corrected chi connectivity index (χ3v) is 3.82. The summed E-state index contributed by atoms with van der Waals surface area (Å²) in [5.74, 6) is 0.828. The molecule has 1 aromatic rings. The van der Waals surface area contributed by atoms with Gasteiger partial charge in [0.05, 0.1) is 5.56 Å². The fourth-order valence-corrected chi connectivity index (χ4v) is 2.66. The SMILES string of the molecule is N#Cc1ccc(NCC2CCCC2)cc1Br. The summed E-state index contributed by atoms with van der Waals surface area (Å²) in [5, 5.41) is 12.3. The molecule has 0 saturated heterocycles. The minimum atomic E-state index is 0.686. The first-order chi connectivity index (χ1) is 7.79. The molecule has 0 bridgehead atoms. The highest BCUT2D eigenvalue weighted by Crippen LogP contribution is 2.26. The van der Waals surface area contributed by atoms with Gasteiger partial charge in [-0.05, 0) is 52.9 Å². The van der Waals surface area contributed by atoms with Crippen LogP contribution in [0.15, 0.2) is 22.7 Å². The molecule has 1 aliphatic carbocycles. The molecule has 1 N–H and O–H groups in total. The Bertz CT molecular complexity index is 403. The fraction of sp³-hybridized carbons (Fsp3) is 0.462. The van der Waals surface area contributed by atoms with Crippen LogP contribution in [-0.2, 0) is 0 Å². The van der Waals surface area contributed by atoms with Crippen molar-refractivity contribution in [3.05, 3.63) is 28.2 Å². The predicted octanol–water partition coefficient (Wildman–Crippen LogP) is 3.92. The van der Waals surface area contributed by atoms with Crippen molar-refractivity contribution in [1.82, 2.24) is 0 Å². The average molecular weight is 279 g/mol. The van der Waals surface area contributed by atoms with Crippen molar-refractivity contribution in [2.45, 2.75) is 25.7 Å². The molecule has 0 atom stereocenters. The van der Waals surface area contributed by atoms with Crippen LogP contribution in [0.5, 0.6) is 0 Å². The molecular formula is C13H15BrN2. The molecule has 84 valence electrons. The van der Waals surface area contributed by atoms with Crippen molar-refractivity contribution in [2.75, 3.05) is 11.9 Å². The number of anilines is 1. The molecule has 3 heteroatoms. The third kappa shape index (κ3) is 2.76. The molecule has 1 saturated carbocycles. The average Bonchev–Trinajstić information content (AvgIpc) is 2.79. The normalized spacial score (nSPS) is 16.0. The van der Waals surface area contributed by atoms with E-state index in [4.69, 9.17) is 5.26 Å². The van der Waals surface area contributed by atoms with Gasteiger partial charge >= 0.3 is 0 Å². The van der Waals surface area contributed by atoms with Crippen molar-refractivity contribution >= 4 is 21.6 Å². The Labute approximate surface area is 105 Å². The zero-order chi connectivity index (χ0) is 11.4. The topological polar surface area (TPSA) is 35.8 Å². The summed E-state index contributed by atoms with van der Waals surface area (Å²) in [5.41, 5.74) is 1.78. The summed E-state index contributed by atoms with van der Waals surface area (Å²) < 4.78 is 0.867. The van der Waals surface area contributed by atoms with E-state index in [0.29, 0.717) is 5.56 Å². The van der Waals surface area contributed by atoms with Gasteiger partial charge in [-0.3, -0.25) is 0 Å². The van der Waals surface area contributed by atoms with E-state index in [-0.39, 0.29) is 0 Å². The van der Waals surface area contributed by atoms with Crippen LogP contribution in [-0.4, -0.2) is 6.54 Å². The number of benzene rings is 1. The van der Waals surface area contributed by atoms with Gasteiger partial charge in [0.1, 0.15) is 6.07 Å². The van der Waals surface area contributed by atoms with E-state index in [1.807, 2.05) is 18.2 Å². The number of hydrogen-bond donors (Lipinski definition) is 1. The van der Waals surface area contributed by atoms with Crippen LogP contribution in [0.2, 0.25) is 0 Å². The molecule has 0 unspecified atom stereocenters. The molecular weight excluding hydrogens is 264 g/mol. The molecule has 1 fully saturated rings. The van der Waals surface area contributed by atoms with E-state index >= 15 is 0 Å². The van der Waals surface area contributed by atoms with Crippen LogP contribution >= 0.6 is 15.9 Å². The second-order valence-electron chi connectivity index (χ2n) is 4.34. The molecule has 0 radical (unpaired) electrons. The minimum Gasteiger partial charge on any atom is -0.385 e. The molecule has 1 aromatic carbocycles. The van der Waals surface area contributed by atoms with E-state index in [1.165, 1.54) is 25.7 Å². The highest BCUT2D eigenvalue weighted by molar-refractivity contribution is 9.10. The molecule has 2 nitrogen and oxygen atoms in total. The van der Waals surface area contributed by atoms with Crippen molar-refractivity contribution in [3.63, 3.8) is 0 Å². The monoisotopic (exact) mass is 278 g/mol. The Balaban J connectivity index is 1.94. The molecule has 0 amide bonds. The molecule has 1 aliphatic rings. The van der Waals surface area contributed by atoms with Crippen LogP contribution in [0.25, 0.3) is 0 Å². The van der Waals surface area contributed by atoms with Crippen molar-refractivity contribution < 1.29 is 0 Å². The van der Waals surface area contributed by atoms with Gasteiger partial charge in [-0.2, -0.15) is 5.26 Å². The van der Waals surface area contributed by atoms with E-state index in [9.17, 15) is 0 Å². The predicted molar refractivity (Wildman–Crippen MR) is 69.3 cm³/mol. The van der Waals surface area contributed by atoms with Crippen molar-refractivity contribution in [3.8, 4) is 6.07 Å². The largest absolute Gasteiger partial charge is 0.385 e. The zero-order valence-electron chi connectivity index (χ0n) is 9.17. The summed E-state index contributed by atoms with van der Waals surface area (Å²) in [6.45, 7) is 1.05. The summed E-state index contributed by atoms with van der Waals surface area (Å²) >= 11 is 3.40. The van der Waals surface area contributed by atoms with Gasteiger partial charge in [-0.1, -0.05) is 12.8 Å². The first kappa shape index (κ1) is 11.5. The van der Waals surface area contributed by atoms with Gasteiger partial charge < -0.3 is 5.32 Å². The maximum atomic E-state index is 8.81. The lowest BCUT2D eigenvalue weighted by molar-refractivity contribution is 0.580. The Morgan fingerprint density at radius 2 is 2.12 bits per heavy atom. The summed E-state index contributed by atoms with van der Waals surface area (Å²) in [6, 6.07) is 7.94. The van der Waals surface area contributed by atoms with E-state index < -0.39 is 0 Å². The van der Waals surface area contributed by atoms with Gasteiger partial charge in [0, 0.05) is 16.7 Å². The van der Waals surface area contributed by atoms with Crippen LogP contribution < -0.4 is 5.32 Å². The second kappa shape index (κ2) is 5.36. The zero-order valence-corrected chi connectivity index (χ0v) is 10.8. The highest BCUT2D eigenvalue weighted by atomic mass is 79.9. The van der Waals surface area contributed by atoms with Crippen molar-refractivity contribution in [2.24, 2.45) is 5.92 Å². The van der Waals surface area contributed by atoms with Crippen molar-refractivity contribution in [1.29, 1.82) is 5.26 Å². The fourth-order valence-electron chi connectivity index (χ4n) is 2.19. The maximum Gasteiger partial charge on any atom is 0.100 e. The lowest BCUT2D eigenvalue weighted by atomic mass is 10.1. The number of nitriles is 1. The quantitative estimate of drug-likeness (QED) is 0.910. The molecule has 2 rings (SSSR count). The second-order valence-corrected chi connectivity index (χ2v) is 5.19. The van der Waals surface area contributed by atoms with Gasteiger partial charge in [0.2, 0.25) is 0 Å². The Kier molecular flexibility index (Phi) is 3.84. The smallest absolute Gasteiger partial charge is 0.100 e. The number of hydrogen-bond acceptors (Lipinski definition) is 2. The van der Waals surface area contributed by atoms with Gasteiger partial charge in [0.15, 0.2) is 0 Å². The van der Waals surface area contributed by atoms with Gasteiger partial charge in [0.25, 0.3) is 0 Å². The number of rotatable bonds is 3. The van der Waals surface area contributed by atoms with E-state index in [0.717, 1.165) is 22.6 Å². The summed E-state index contributed by atoms with van der Waals surface area (Å²) in [6.07, 6.45) is 5.46. The molecule has 16 heavy (non-hydrogen) atoms. The molecule has 0 heterocycles. The number of nitrogens with zero attached hydrogens (tertiary/aromatic N) is 1. The van der Waals surface area contributed by atoms with Crippen LogP contribution in [0.4, 0.5) is 5.69 Å². The molecule has 0 aromatic heterocycles. The Morgan fingerprint density at radius 1 is 1.38 bits per heavy atom. The van der Waals surface area contributed by atoms with Crippen LogP contribution in [0.3, 0.4) is 0 Å². The standard InChI is InChI=1S/C13H15BrN2/c14-13-7-12(6-5-11(13)8-15)16-9-10-3-1-2-4-10/h5-7,10,16H,1-4,9H2. The minimum absolute atomic E-state index is 0.686. The maximum absolute atomic E-state index is 8.81. The van der Waals surface area contributed by atoms with E-state index in [2.05, 4.69) is 27.3 Å². The Hall–Kier alpha value is -1.01. The molecule has 0 spiro atoms. The lowest BCUT2D eigenvalue weighted by Gasteiger charge is -2.12. The number of nitrogens with one attached hydrogen (secondary N) is 1. The summed E-state index contributed by atoms with van der Waals surface area (Å²) in [4.78, 5) is 0. The lowest BCUT2D eigenvalue weighted by Crippen LogP contribution is -2.10. The first-order valence-electron chi connectivity index (χ1n) is 5.73. The van der Waals surface area contributed by atoms with E-state index in [1.54, 1.807) is 0 Å².